The first-order chi connectivity index (χ1) is 6.29. The van der Waals surface area contributed by atoms with E-state index in [-0.39, 0.29) is 5.82 Å². The number of benzene rings is 1. The maximum absolute atomic E-state index is 13.2. The third-order valence-corrected chi connectivity index (χ3v) is 2.12. The van der Waals surface area contributed by atoms with Crippen LogP contribution in [-0.4, -0.2) is 4.57 Å². The van der Waals surface area contributed by atoms with Crippen LogP contribution >= 0.6 is 0 Å². The Bertz CT molecular complexity index is 404. The van der Waals surface area contributed by atoms with Gasteiger partial charge in [-0.2, -0.15) is 0 Å². The second-order valence-electron chi connectivity index (χ2n) is 2.97. The first kappa shape index (κ1) is 8.05. The highest BCUT2D eigenvalue weighted by atomic mass is 19.1. The zero-order valence-electron chi connectivity index (χ0n) is 7.37. The van der Waals surface area contributed by atoms with E-state index < -0.39 is 0 Å². The molecule has 66 valence electrons. The molecular formula is C11H10FN. The van der Waals surface area contributed by atoms with Gasteiger partial charge in [-0.1, -0.05) is 6.07 Å². The topological polar surface area (TPSA) is 4.93 Å². The van der Waals surface area contributed by atoms with Crippen LogP contribution in [0.5, 0.6) is 0 Å². The summed E-state index contributed by atoms with van der Waals surface area (Å²) >= 11 is 0. The van der Waals surface area contributed by atoms with Crippen LogP contribution in [0.4, 0.5) is 4.39 Å². The van der Waals surface area contributed by atoms with Crippen LogP contribution in [0.1, 0.15) is 5.56 Å². The summed E-state index contributed by atoms with van der Waals surface area (Å²) in [6.07, 6.45) is 3.81. The lowest BCUT2D eigenvalue weighted by Gasteiger charge is -2.06. The van der Waals surface area contributed by atoms with Gasteiger partial charge < -0.3 is 4.57 Å². The molecule has 0 fully saturated rings. The summed E-state index contributed by atoms with van der Waals surface area (Å²) in [7, 11) is 0. The third kappa shape index (κ3) is 1.35. The van der Waals surface area contributed by atoms with Crippen LogP contribution in [0.25, 0.3) is 5.69 Å². The molecule has 0 aliphatic rings. The van der Waals surface area contributed by atoms with E-state index in [0.717, 1.165) is 5.69 Å². The van der Waals surface area contributed by atoms with E-state index in [2.05, 4.69) is 0 Å². The molecule has 0 atom stereocenters. The lowest BCUT2D eigenvalue weighted by Crippen LogP contribution is -1.95. The fourth-order valence-electron chi connectivity index (χ4n) is 1.37. The van der Waals surface area contributed by atoms with Crippen LogP contribution in [0.2, 0.25) is 0 Å². The number of halogens is 1. The minimum Gasteiger partial charge on any atom is -0.324 e. The summed E-state index contributed by atoms with van der Waals surface area (Å²) in [5, 5.41) is 0. The predicted octanol–water partition coefficient (Wildman–Crippen LogP) is 2.92. The largest absolute Gasteiger partial charge is 0.324 e. The van der Waals surface area contributed by atoms with Crippen molar-refractivity contribution >= 4 is 0 Å². The molecule has 1 aromatic carbocycles. The van der Waals surface area contributed by atoms with Crippen molar-refractivity contribution in [3.63, 3.8) is 0 Å². The zero-order valence-corrected chi connectivity index (χ0v) is 7.37. The van der Waals surface area contributed by atoms with E-state index in [9.17, 15) is 4.39 Å². The normalized spacial score (nSPS) is 10.3. The first-order valence-electron chi connectivity index (χ1n) is 4.17. The van der Waals surface area contributed by atoms with E-state index in [1.807, 2.05) is 35.2 Å². The SMILES string of the molecule is Cc1c(F)cccc1-n1cccc1. The number of hydrogen-bond acceptors (Lipinski definition) is 0. The Balaban J connectivity index is 2.59. The van der Waals surface area contributed by atoms with Crippen LogP contribution in [0.15, 0.2) is 42.7 Å². The minimum atomic E-state index is -0.161. The van der Waals surface area contributed by atoms with Crippen molar-refractivity contribution in [3.05, 3.63) is 54.1 Å². The van der Waals surface area contributed by atoms with Gasteiger partial charge in [-0.25, -0.2) is 4.39 Å². The number of rotatable bonds is 1. The van der Waals surface area contributed by atoms with Gasteiger partial charge in [0.25, 0.3) is 0 Å². The highest BCUT2D eigenvalue weighted by Gasteiger charge is 2.03. The van der Waals surface area contributed by atoms with Gasteiger partial charge in [0.15, 0.2) is 0 Å². The van der Waals surface area contributed by atoms with Crippen molar-refractivity contribution in [1.29, 1.82) is 0 Å². The standard InChI is InChI=1S/C11H10FN/c1-9-10(12)5-4-6-11(9)13-7-2-3-8-13/h2-8H,1H3. The van der Waals surface area contributed by atoms with Gasteiger partial charge in [-0.05, 0) is 31.2 Å². The average Bonchev–Trinajstić information content (AvgIpc) is 2.62. The molecule has 13 heavy (non-hydrogen) atoms. The smallest absolute Gasteiger partial charge is 0.128 e. The molecule has 0 N–H and O–H groups in total. The minimum absolute atomic E-state index is 0.161. The molecule has 1 nitrogen and oxygen atoms in total. The van der Waals surface area contributed by atoms with E-state index in [0.29, 0.717) is 5.56 Å². The van der Waals surface area contributed by atoms with E-state index in [4.69, 9.17) is 0 Å². The Kier molecular flexibility index (Phi) is 1.89. The van der Waals surface area contributed by atoms with E-state index in [1.165, 1.54) is 6.07 Å². The van der Waals surface area contributed by atoms with Gasteiger partial charge in [0.1, 0.15) is 5.82 Å². The zero-order chi connectivity index (χ0) is 9.26. The van der Waals surface area contributed by atoms with Gasteiger partial charge in [0, 0.05) is 18.0 Å². The quantitative estimate of drug-likeness (QED) is 0.628. The molecular weight excluding hydrogens is 165 g/mol. The third-order valence-electron chi connectivity index (χ3n) is 2.12. The molecule has 0 radical (unpaired) electrons. The second kappa shape index (κ2) is 3.05. The van der Waals surface area contributed by atoms with Crippen molar-refractivity contribution < 1.29 is 4.39 Å². The Labute approximate surface area is 76.4 Å². The molecule has 0 aliphatic heterocycles. The van der Waals surface area contributed by atoms with Crippen molar-refractivity contribution in [2.45, 2.75) is 6.92 Å². The maximum atomic E-state index is 13.2. The lowest BCUT2D eigenvalue weighted by molar-refractivity contribution is 0.617. The molecule has 0 saturated heterocycles. The van der Waals surface area contributed by atoms with E-state index in [1.54, 1.807) is 13.0 Å². The molecule has 1 aromatic heterocycles. The van der Waals surface area contributed by atoms with E-state index >= 15 is 0 Å². The average molecular weight is 175 g/mol. The summed E-state index contributed by atoms with van der Waals surface area (Å²) in [4.78, 5) is 0. The molecule has 0 saturated carbocycles. The molecule has 0 aliphatic carbocycles. The lowest BCUT2D eigenvalue weighted by atomic mass is 10.2. The summed E-state index contributed by atoms with van der Waals surface area (Å²) in [5.74, 6) is -0.161. The molecule has 2 rings (SSSR count). The summed E-state index contributed by atoms with van der Waals surface area (Å²) in [6.45, 7) is 1.78. The van der Waals surface area contributed by atoms with Gasteiger partial charge in [-0.15, -0.1) is 0 Å². The molecule has 0 spiro atoms. The summed E-state index contributed by atoms with van der Waals surface area (Å²) in [5.41, 5.74) is 1.57. The van der Waals surface area contributed by atoms with Crippen molar-refractivity contribution in [2.75, 3.05) is 0 Å². The molecule has 2 aromatic rings. The van der Waals surface area contributed by atoms with Crippen molar-refractivity contribution in [1.82, 2.24) is 4.57 Å². The molecule has 1 heterocycles. The van der Waals surface area contributed by atoms with Gasteiger partial charge in [0.2, 0.25) is 0 Å². The summed E-state index contributed by atoms with van der Waals surface area (Å²) < 4.78 is 15.1. The Hall–Kier alpha value is -1.57. The van der Waals surface area contributed by atoms with Gasteiger partial charge in [-0.3, -0.25) is 0 Å². The highest BCUT2D eigenvalue weighted by Crippen LogP contribution is 2.16. The molecule has 0 bridgehead atoms. The fraction of sp³-hybridized carbons (Fsp3) is 0.0909. The van der Waals surface area contributed by atoms with Crippen LogP contribution in [-0.2, 0) is 0 Å². The van der Waals surface area contributed by atoms with Crippen LogP contribution in [0, 0.1) is 12.7 Å². The molecule has 2 heteroatoms. The van der Waals surface area contributed by atoms with Crippen LogP contribution < -0.4 is 0 Å². The molecule has 0 unspecified atom stereocenters. The highest BCUT2D eigenvalue weighted by molar-refractivity contribution is 5.41. The number of nitrogens with zero attached hydrogens (tertiary/aromatic N) is 1. The fourth-order valence-corrected chi connectivity index (χ4v) is 1.37. The Morgan fingerprint density at radius 3 is 2.46 bits per heavy atom. The van der Waals surface area contributed by atoms with Gasteiger partial charge in [0.05, 0.1) is 5.69 Å². The monoisotopic (exact) mass is 175 g/mol. The Morgan fingerprint density at radius 1 is 1.08 bits per heavy atom. The number of aromatic nitrogens is 1. The first-order valence-corrected chi connectivity index (χ1v) is 4.17. The predicted molar refractivity (Wildman–Crippen MR) is 50.5 cm³/mol. The van der Waals surface area contributed by atoms with Gasteiger partial charge >= 0.3 is 0 Å². The summed E-state index contributed by atoms with van der Waals surface area (Å²) in [6, 6.07) is 8.94. The Morgan fingerprint density at radius 2 is 1.77 bits per heavy atom. The second-order valence-corrected chi connectivity index (χ2v) is 2.97. The van der Waals surface area contributed by atoms with Crippen molar-refractivity contribution in [3.8, 4) is 5.69 Å². The molecule has 0 amide bonds. The maximum Gasteiger partial charge on any atom is 0.128 e. The number of hydrogen-bond donors (Lipinski definition) is 0. The van der Waals surface area contributed by atoms with Crippen LogP contribution in [0.3, 0.4) is 0 Å². The van der Waals surface area contributed by atoms with Crippen molar-refractivity contribution in [2.24, 2.45) is 0 Å².